The Bertz CT molecular complexity index is 1720. The van der Waals surface area contributed by atoms with Crippen molar-refractivity contribution in [1.29, 1.82) is 0 Å². The maximum atomic E-state index is 13.8. The third-order valence-electron chi connectivity index (χ3n) is 6.63. The number of ether oxygens (including phenoxy) is 1. The fourth-order valence-electron chi connectivity index (χ4n) is 4.71. The summed E-state index contributed by atoms with van der Waals surface area (Å²) in [4.78, 5) is 33.1. The summed E-state index contributed by atoms with van der Waals surface area (Å²) in [5.41, 5.74) is 4.05. The average molecular weight is 513 g/mol. The van der Waals surface area contributed by atoms with Gasteiger partial charge in [0, 0.05) is 24.5 Å². The van der Waals surface area contributed by atoms with Crippen molar-refractivity contribution >= 4 is 34.0 Å². The number of fused-ring (bicyclic) bond motifs is 3. The number of anilines is 2. The molecule has 0 bridgehead atoms. The number of carbonyl (C=O) groups excluding carboxylic acids is 1. The van der Waals surface area contributed by atoms with Crippen molar-refractivity contribution in [3.63, 3.8) is 0 Å². The Morgan fingerprint density at radius 3 is 2.58 bits per heavy atom. The smallest absolute Gasteiger partial charge is 0.296 e. The van der Waals surface area contributed by atoms with Gasteiger partial charge in [-0.25, -0.2) is 8.91 Å². The van der Waals surface area contributed by atoms with Gasteiger partial charge >= 0.3 is 0 Å². The lowest BCUT2D eigenvalue weighted by atomic mass is 10.2. The molecule has 5 aromatic rings. The number of nitrogens with zero attached hydrogens (tertiary/aromatic N) is 5. The Hall–Kier alpha value is -4.57. The van der Waals surface area contributed by atoms with Crippen molar-refractivity contribution in [3.05, 3.63) is 99.9 Å². The number of carbonyl (C=O) groups is 1. The van der Waals surface area contributed by atoms with Crippen molar-refractivity contribution in [2.24, 2.45) is 0 Å². The van der Waals surface area contributed by atoms with E-state index in [1.807, 2.05) is 49.4 Å². The highest BCUT2D eigenvalue weighted by Gasteiger charge is 2.20. The highest BCUT2D eigenvalue weighted by molar-refractivity contribution is 6.02. The van der Waals surface area contributed by atoms with Gasteiger partial charge in [-0.2, -0.15) is 4.98 Å². The summed E-state index contributed by atoms with van der Waals surface area (Å²) >= 11 is 0. The molecule has 10 heteroatoms. The molecule has 9 nitrogen and oxygen atoms in total. The monoisotopic (exact) mass is 512 g/mol. The quantitative estimate of drug-likeness (QED) is 0.387. The highest BCUT2D eigenvalue weighted by Crippen LogP contribution is 2.20. The van der Waals surface area contributed by atoms with E-state index in [1.165, 1.54) is 21.2 Å². The first-order chi connectivity index (χ1) is 18.5. The fourth-order valence-corrected chi connectivity index (χ4v) is 4.71. The van der Waals surface area contributed by atoms with Crippen molar-refractivity contribution in [2.45, 2.75) is 13.5 Å². The van der Waals surface area contributed by atoms with E-state index in [2.05, 4.69) is 20.3 Å². The second-order valence-electron chi connectivity index (χ2n) is 9.28. The first-order valence-electron chi connectivity index (χ1n) is 12.3. The van der Waals surface area contributed by atoms with Crippen LogP contribution in [-0.4, -0.2) is 51.4 Å². The summed E-state index contributed by atoms with van der Waals surface area (Å²) in [5.74, 6) is -1.02. The zero-order chi connectivity index (χ0) is 26.2. The summed E-state index contributed by atoms with van der Waals surface area (Å²) in [6.45, 7) is 5.09. The van der Waals surface area contributed by atoms with E-state index in [9.17, 15) is 14.0 Å². The van der Waals surface area contributed by atoms with Crippen LogP contribution in [0.1, 0.15) is 21.7 Å². The van der Waals surface area contributed by atoms with E-state index in [4.69, 9.17) is 4.74 Å². The first-order valence-corrected chi connectivity index (χ1v) is 12.3. The molecule has 192 valence electrons. The molecule has 6 rings (SSSR count). The summed E-state index contributed by atoms with van der Waals surface area (Å²) < 4.78 is 22.2. The van der Waals surface area contributed by atoms with Crippen LogP contribution in [0.4, 0.5) is 15.8 Å². The summed E-state index contributed by atoms with van der Waals surface area (Å²) in [6.07, 6.45) is 0. The third kappa shape index (κ3) is 4.50. The number of rotatable bonds is 5. The van der Waals surface area contributed by atoms with Crippen LogP contribution in [0.5, 0.6) is 0 Å². The van der Waals surface area contributed by atoms with E-state index >= 15 is 0 Å². The molecule has 3 aromatic carbocycles. The molecule has 1 saturated heterocycles. The number of nitrogens with one attached hydrogen (secondary N) is 1. The van der Waals surface area contributed by atoms with Crippen LogP contribution in [0.25, 0.3) is 16.7 Å². The number of hydrogen-bond acceptors (Lipinski definition) is 6. The lowest BCUT2D eigenvalue weighted by Crippen LogP contribution is -2.36. The van der Waals surface area contributed by atoms with Gasteiger partial charge in [0.05, 0.1) is 30.8 Å². The molecule has 0 radical (unpaired) electrons. The van der Waals surface area contributed by atoms with Crippen LogP contribution in [0, 0.1) is 12.7 Å². The Balaban J connectivity index is 1.34. The Morgan fingerprint density at radius 2 is 1.82 bits per heavy atom. The molecule has 1 aliphatic heterocycles. The molecule has 0 saturated carbocycles. The van der Waals surface area contributed by atoms with E-state index in [1.54, 1.807) is 12.1 Å². The largest absolute Gasteiger partial charge is 0.378 e. The predicted octanol–water partition coefficient (Wildman–Crippen LogP) is 3.63. The van der Waals surface area contributed by atoms with Gasteiger partial charge in [-0.3, -0.25) is 14.2 Å². The SMILES string of the molecule is Cc1ccc2c(c1)n(Cc1cccc(F)c1)c(=O)c1nc(C(=O)Nc3ccc(N4CCOCC4)cc3)nn12. The fraction of sp³-hybridized carbons (Fsp3) is 0.214. The molecule has 0 spiro atoms. The van der Waals surface area contributed by atoms with Crippen LogP contribution in [0.15, 0.2) is 71.5 Å². The number of hydrogen-bond donors (Lipinski definition) is 1. The van der Waals surface area contributed by atoms with Gasteiger partial charge < -0.3 is 15.0 Å². The number of aryl methyl sites for hydroxylation is 1. The topological polar surface area (TPSA) is 93.8 Å². The average Bonchev–Trinajstić information content (AvgIpc) is 3.38. The minimum absolute atomic E-state index is 0.0190. The zero-order valence-electron chi connectivity index (χ0n) is 20.7. The van der Waals surface area contributed by atoms with Crippen LogP contribution in [-0.2, 0) is 11.3 Å². The highest BCUT2D eigenvalue weighted by atomic mass is 19.1. The van der Waals surface area contributed by atoms with Gasteiger partial charge in [0.2, 0.25) is 11.5 Å². The lowest BCUT2D eigenvalue weighted by Gasteiger charge is -2.28. The van der Waals surface area contributed by atoms with E-state index < -0.39 is 11.5 Å². The van der Waals surface area contributed by atoms with Crippen molar-refractivity contribution in [3.8, 4) is 0 Å². The minimum atomic E-state index is -0.524. The summed E-state index contributed by atoms with van der Waals surface area (Å²) in [5, 5.41) is 7.19. The van der Waals surface area contributed by atoms with Crippen molar-refractivity contribution in [2.75, 3.05) is 36.5 Å². The number of halogens is 1. The predicted molar refractivity (Wildman–Crippen MR) is 142 cm³/mol. The van der Waals surface area contributed by atoms with Crippen LogP contribution in [0.2, 0.25) is 0 Å². The molecule has 1 fully saturated rings. The molecule has 38 heavy (non-hydrogen) atoms. The van der Waals surface area contributed by atoms with Gasteiger partial charge in [-0.05, 0) is 66.6 Å². The molecule has 0 aliphatic carbocycles. The molecule has 2 aromatic heterocycles. The van der Waals surface area contributed by atoms with Crippen LogP contribution < -0.4 is 15.8 Å². The van der Waals surface area contributed by atoms with Gasteiger partial charge in [0.1, 0.15) is 5.82 Å². The number of amides is 1. The van der Waals surface area contributed by atoms with E-state index in [0.717, 1.165) is 24.3 Å². The maximum Gasteiger partial charge on any atom is 0.296 e. The van der Waals surface area contributed by atoms with E-state index in [0.29, 0.717) is 35.5 Å². The van der Waals surface area contributed by atoms with Crippen LogP contribution >= 0.6 is 0 Å². The Morgan fingerprint density at radius 1 is 1.03 bits per heavy atom. The Labute approximate surface area is 217 Å². The van der Waals surface area contributed by atoms with Crippen molar-refractivity contribution < 1.29 is 13.9 Å². The number of aromatic nitrogens is 4. The Kier molecular flexibility index (Phi) is 6.09. The second kappa shape index (κ2) is 9.71. The van der Waals surface area contributed by atoms with E-state index in [-0.39, 0.29) is 23.8 Å². The van der Waals surface area contributed by atoms with Gasteiger partial charge in [-0.15, -0.1) is 5.10 Å². The normalized spacial score (nSPS) is 13.8. The molecule has 1 aliphatic rings. The lowest BCUT2D eigenvalue weighted by molar-refractivity contribution is 0.101. The first kappa shape index (κ1) is 23.8. The third-order valence-corrected chi connectivity index (χ3v) is 6.63. The summed E-state index contributed by atoms with van der Waals surface area (Å²) in [7, 11) is 0. The molecule has 3 heterocycles. The van der Waals surface area contributed by atoms with Gasteiger partial charge in [0.25, 0.3) is 11.5 Å². The van der Waals surface area contributed by atoms with Gasteiger partial charge in [-0.1, -0.05) is 18.2 Å². The van der Waals surface area contributed by atoms with Gasteiger partial charge in [0.15, 0.2) is 0 Å². The minimum Gasteiger partial charge on any atom is -0.378 e. The molecule has 1 amide bonds. The zero-order valence-corrected chi connectivity index (χ0v) is 20.7. The molecule has 0 atom stereocenters. The second-order valence-corrected chi connectivity index (χ2v) is 9.28. The number of morpholine rings is 1. The molecular formula is C28H25FN6O3. The van der Waals surface area contributed by atoms with Crippen molar-refractivity contribution in [1.82, 2.24) is 19.2 Å². The molecule has 1 N–H and O–H groups in total. The summed E-state index contributed by atoms with van der Waals surface area (Å²) in [6, 6.07) is 19.2. The van der Waals surface area contributed by atoms with Crippen LogP contribution in [0.3, 0.4) is 0 Å². The molecular weight excluding hydrogens is 487 g/mol. The maximum absolute atomic E-state index is 13.8. The molecule has 0 unspecified atom stereocenters. The number of benzene rings is 3. The standard InChI is InChI=1S/C28H25FN6O3/c1-18-5-10-23-24(15-18)34(17-19-3-2-4-20(29)16-19)28(37)26-31-25(32-35(23)26)27(36)30-21-6-8-22(9-7-21)33-11-13-38-14-12-33/h2-10,15-16H,11-14,17H2,1H3,(H,30,36).